The van der Waals surface area contributed by atoms with Crippen molar-refractivity contribution < 1.29 is 9.66 Å². The van der Waals surface area contributed by atoms with Crippen LogP contribution in [0.5, 0.6) is 0 Å². The molecule has 0 aliphatic carbocycles. The van der Waals surface area contributed by atoms with E-state index in [-0.39, 0.29) is 22.8 Å². The highest BCUT2D eigenvalue weighted by molar-refractivity contribution is 5.70. The summed E-state index contributed by atoms with van der Waals surface area (Å²) in [6.07, 6.45) is 2.49. The number of nitro benzene ring substituents is 1. The minimum Gasteiger partial charge on any atom is -0.372 e. The number of ether oxygens (including phenoxy) is 1. The van der Waals surface area contributed by atoms with Crippen molar-refractivity contribution in [3.05, 3.63) is 28.3 Å². The number of morpholine rings is 1. The zero-order valence-electron chi connectivity index (χ0n) is 13.2. The Kier molecular flexibility index (Phi) is 4.20. The van der Waals surface area contributed by atoms with Gasteiger partial charge in [0.15, 0.2) is 0 Å². The van der Waals surface area contributed by atoms with Gasteiger partial charge in [-0.15, -0.1) is 0 Å². The van der Waals surface area contributed by atoms with E-state index in [1.54, 1.807) is 6.07 Å². The van der Waals surface area contributed by atoms with Crippen LogP contribution in [0.3, 0.4) is 0 Å². The minimum atomic E-state index is -0.264. The first-order valence-electron chi connectivity index (χ1n) is 7.98. The molecule has 2 heterocycles. The Labute approximate surface area is 130 Å². The van der Waals surface area contributed by atoms with Crippen LogP contribution in [-0.2, 0) is 4.74 Å². The number of anilines is 2. The highest BCUT2D eigenvalue weighted by atomic mass is 16.6. The fourth-order valence-corrected chi connectivity index (χ4v) is 3.47. The fourth-order valence-electron chi connectivity index (χ4n) is 3.47. The molecule has 1 aromatic carbocycles. The number of nitro groups is 1. The van der Waals surface area contributed by atoms with Crippen LogP contribution >= 0.6 is 0 Å². The third kappa shape index (κ3) is 3.02. The molecule has 2 unspecified atom stereocenters. The zero-order valence-corrected chi connectivity index (χ0v) is 13.2. The summed E-state index contributed by atoms with van der Waals surface area (Å²) in [5, 5.41) is 11.5. The summed E-state index contributed by atoms with van der Waals surface area (Å²) in [6, 6.07) is 5.64. The Morgan fingerprint density at radius 2 is 1.77 bits per heavy atom. The van der Waals surface area contributed by atoms with E-state index in [4.69, 9.17) is 4.74 Å². The van der Waals surface area contributed by atoms with Crippen molar-refractivity contribution in [2.45, 2.75) is 38.9 Å². The number of hydrogen-bond donors (Lipinski definition) is 0. The molecular weight excluding hydrogens is 282 g/mol. The first kappa shape index (κ1) is 15.1. The van der Waals surface area contributed by atoms with E-state index in [1.165, 1.54) is 0 Å². The molecule has 0 spiro atoms. The van der Waals surface area contributed by atoms with E-state index < -0.39 is 0 Å². The molecule has 0 N–H and O–H groups in total. The van der Waals surface area contributed by atoms with E-state index in [0.717, 1.165) is 31.6 Å². The monoisotopic (exact) mass is 305 g/mol. The van der Waals surface area contributed by atoms with Crippen LogP contribution in [0.1, 0.15) is 26.7 Å². The van der Waals surface area contributed by atoms with Gasteiger partial charge in [0, 0.05) is 37.9 Å². The first-order chi connectivity index (χ1) is 10.5. The third-order valence-corrected chi connectivity index (χ3v) is 4.39. The van der Waals surface area contributed by atoms with Gasteiger partial charge in [-0.1, -0.05) is 0 Å². The average molecular weight is 305 g/mol. The Hall–Kier alpha value is -1.82. The number of rotatable bonds is 3. The molecule has 0 radical (unpaired) electrons. The normalized spacial score (nSPS) is 25.5. The lowest BCUT2D eigenvalue weighted by Crippen LogP contribution is -2.45. The van der Waals surface area contributed by atoms with Crippen molar-refractivity contribution in [3.63, 3.8) is 0 Å². The van der Waals surface area contributed by atoms with E-state index in [9.17, 15) is 10.1 Å². The molecular formula is C16H23N3O3. The van der Waals surface area contributed by atoms with Crippen LogP contribution in [0.25, 0.3) is 0 Å². The van der Waals surface area contributed by atoms with Crippen molar-refractivity contribution >= 4 is 17.1 Å². The number of hydrogen-bond acceptors (Lipinski definition) is 5. The Balaban J connectivity index is 1.91. The average Bonchev–Trinajstić information content (AvgIpc) is 2.99. The van der Waals surface area contributed by atoms with Gasteiger partial charge in [0.05, 0.1) is 17.1 Å². The molecule has 3 rings (SSSR count). The standard InChI is InChI=1S/C16H23N3O3/c1-12-10-18(11-13(2)22-12)15-6-5-14(9-16(15)19(20)21)17-7-3-4-8-17/h5-6,9,12-13H,3-4,7-8,10-11H2,1-2H3. The van der Waals surface area contributed by atoms with Crippen molar-refractivity contribution in [3.8, 4) is 0 Å². The Morgan fingerprint density at radius 3 is 2.36 bits per heavy atom. The maximum atomic E-state index is 11.5. The van der Waals surface area contributed by atoms with Gasteiger partial charge in [-0.25, -0.2) is 0 Å². The number of benzene rings is 1. The number of nitrogens with zero attached hydrogens (tertiary/aromatic N) is 3. The largest absolute Gasteiger partial charge is 0.372 e. The molecule has 2 saturated heterocycles. The molecule has 0 saturated carbocycles. The van der Waals surface area contributed by atoms with Gasteiger partial charge in [-0.3, -0.25) is 10.1 Å². The van der Waals surface area contributed by atoms with E-state index in [2.05, 4.69) is 9.80 Å². The van der Waals surface area contributed by atoms with Gasteiger partial charge >= 0.3 is 0 Å². The quantitative estimate of drug-likeness (QED) is 0.635. The molecule has 2 atom stereocenters. The van der Waals surface area contributed by atoms with E-state index in [0.29, 0.717) is 18.8 Å². The summed E-state index contributed by atoms with van der Waals surface area (Å²) < 4.78 is 5.72. The zero-order chi connectivity index (χ0) is 15.7. The molecule has 0 aromatic heterocycles. The lowest BCUT2D eigenvalue weighted by Gasteiger charge is -2.36. The van der Waals surface area contributed by atoms with Gasteiger partial charge in [0.1, 0.15) is 5.69 Å². The van der Waals surface area contributed by atoms with Crippen molar-refractivity contribution in [1.82, 2.24) is 0 Å². The smallest absolute Gasteiger partial charge is 0.294 e. The molecule has 22 heavy (non-hydrogen) atoms. The molecule has 1 aromatic rings. The maximum absolute atomic E-state index is 11.5. The second kappa shape index (κ2) is 6.12. The van der Waals surface area contributed by atoms with Gasteiger partial charge in [0.2, 0.25) is 0 Å². The van der Waals surface area contributed by atoms with E-state index >= 15 is 0 Å². The van der Waals surface area contributed by atoms with Crippen LogP contribution in [-0.4, -0.2) is 43.3 Å². The molecule has 0 amide bonds. The molecule has 0 bridgehead atoms. The summed E-state index contributed by atoms with van der Waals surface area (Å²) in [4.78, 5) is 15.6. The molecule has 6 heteroatoms. The fraction of sp³-hybridized carbons (Fsp3) is 0.625. The Morgan fingerprint density at radius 1 is 1.14 bits per heavy atom. The predicted octanol–water partition coefficient (Wildman–Crippen LogP) is 2.81. The second-order valence-electron chi connectivity index (χ2n) is 6.29. The van der Waals surface area contributed by atoms with Crippen LogP contribution in [0.15, 0.2) is 18.2 Å². The first-order valence-corrected chi connectivity index (χ1v) is 7.98. The highest BCUT2D eigenvalue weighted by Gasteiger charge is 2.28. The second-order valence-corrected chi connectivity index (χ2v) is 6.29. The van der Waals surface area contributed by atoms with Gasteiger partial charge in [0.25, 0.3) is 5.69 Å². The molecule has 2 aliphatic rings. The Bertz CT molecular complexity index is 548. The van der Waals surface area contributed by atoms with Crippen molar-refractivity contribution in [1.29, 1.82) is 0 Å². The van der Waals surface area contributed by atoms with Gasteiger partial charge in [-0.2, -0.15) is 0 Å². The highest BCUT2D eigenvalue weighted by Crippen LogP contribution is 2.35. The molecule has 2 fully saturated rings. The van der Waals surface area contributed by atoms with Crippen LogP contribution in [0.4, 0.5) is 17.1 Å². The van der Waals surface area contributed by atoms with E-state index in [1.807, 2.05) is 26.0 Å². The van der Waals surface area contributed by atoms with Crippen LogP contribution in [0, 0.1) is 10.1 Å². The SMILES string of the molecule is CC1CN(c2ccc(N3CCCC3)cc2[N+](=O)[O-])CC(C)O1. The summed E-state index contributed by atoms with van der Waals surface area (Å²) in [6.45, 7) is 7.37. The summed E-state index contributed by atoms with van der Waals surface area (Å²) in [5.41, 5.74) is 1.86. The maximum Gasteiger partial charge on any atom is 0.294 e. The van der Waals surface area contributed by atoms with Crippen molar-refractivity contribution in [2.75, 3.05) is 36.0 Å². The van der Waals surface area contributed by atoms with Crippen molar-refractivity contribution in [2.24, 2.45) is 0 Å². The lowest BCUT2D eigenvalue weighted by molar-refractivity contribution is -0.384. The summed E-state index contributed by atoms with van der Waals surface area (Å²) in [5.74, 6) is 0. The third-order valence-electron chi connectivity index (χ3n) is 4.39. The predicted molar refractivity (Wildman–Crippen MR) is 86.8 cm³/mol. The van der Waals surface area contributed by atoms with Gasteiger partial charge in [-0.05, 0) is 38.8 Å². The summed E-state index contributed by atoms with van der Waals surface area (Å²) in [7, 11) is 0. The van der Waals surface area contributed by atoms with Crippen LogP contribution in [0.2, 0.25) is 0 Å². The summed E-state index contributed by atoms with van der Waals surface area (Å²) >= 11 is 0. The molecule has 2 aliphatic heterocycles. The lowest BCUT2D eigenvalue weighted by atomic mass is 10.1. The molecule has 6 nitrogen and oxygen atoms in total. The van der Waals surface area contributed by atoms with Gasteiger partial charge < -0.3 is 14.5 Å². The molecule has 120 valence electrons. The van der Waals surface area contributed by atoms with Crippen LogP contribution < -0.4 is 9.80 Å². The minimum absolute atomic E-state index is 0.0848. The topological polar surface area (TPSA) is 58.9 Å².